The van der Waals surface area contributed by atoms with E-state index in [0.29, 0.717) is 16.4 Å². The van der Waals surface area contributed by atoms with Crippen molar-refractivity contribution in [1.29, 1.82) is 0 Å². The third kappa shape index (κ3) is 3.98. The molecule has 2 heterocycles. The highest BCUT2D eigenvalue weighted by Crippen LogP contribution is 2.21. The van der Waals surface area contributed by atoms with Gasteiger partial charge in [0.15, 0.2) is 5.13 Å². The van der Waals surface area contributed by atoms with Gasteiger partial charge in [0.05, 0.1) is 16.3 Å². The van der Waals surface area contributed by atoms with E-state index in [9.17, 15) is 19.7 Å². The first-order chi connectivity index (χ1) is 12.4. The summed E-state index contributed by atoms with van der Waals surface area (Å²) in [4.78, 5) is 38.6. The van der Waals surface area contributed by atoms with Gasteiger partial charge in [0.2, 0.25) is 5.91 Å². The Morgan fingerprint density at radius 1 is 1.35 bits per heavy atom. The van der Waals surface area contributed by atoms with Gasteiger partial charge in [-0.05, 0) is 13.0 Å². The number of amides is 1. The highest BCUT2D eigenvalue weighted by molar-refractivity contribution is 7.13. The molecule has 9 nitrogen and oxygen atoms in total. The average Bonchev–Trinajstić information content (AvgIpc) is 3.01. The lowest BCUT2D eigenvalue weighted by Gasteiger charge is -2.07. The van der Waals surface area contributed by atoms with Gasteiger partial charge in [-0.1, -0.05) is 12.1 Å². The molecule has 0 atom stereocenters. The fourth-order valence-electron chi connectivity index (χ4n) is 2.20. The Labute approximate surface area is 151 Å². The Morgan fingerprint density at radius 2 is 2.15 bits per heavy atom. The minimum atomic E-state index is -0.511. The predicted molar refractivity (Wildman–Crippen MR) is 96.1 cm³/mol. The Bertz CT molecular complexity index is 1040. The maximum Gasteiger partial charge on any atom is 0.270 e. The summed E-state index contributed by atoms with van der Waals surface area (Å²) in [5.74, 6) is -0.440. The lowest BCUT2D eigenvalue weighted by molar-refractivity contribution is -0.384. The van der Waals surface area contributed by atoms with Crippen molar-refractivity contribution in [2.45, 2.75) is 13.5 Å². The summed E-state index contributed by atoms with van der Waals surface area (Å²) in [6.45, 7) is 1.51. The van der Waals surface area contributed by atoms with Crippen LogP contribution in [0.4, 0.5) is 10.8 Å². The van der Waals surface area contributed by atoms with Gasteiger partial charge < -0.3 is 5.32 Å². The molecular weight excluding hydrogens is 358 g/mol. The highest BCUT2D eigenvalue weighted by Gasteiger charge is 2.12. The Kier molecular flexibility index (Phi) is 4.85. The zero-order chi connectivity index (χ0) is 18.7. The van der Waals surface area contributed by atoms with Crippen LogP contribution in [0.2, 0.25) is 0 Å². The van der Waals surface area contributed by atoms with Gasteiger partial charge in [-0.15, -0.1) is 11.3 Å². The standard InChI is InChI=1S/C16H13N5O4S/c1-10-9-26-16(17-10)18-14(22)8-20-15(23)6-5-13(19-20)11-3-2-4-12(7-11)21(24)25/h2-7,9H,8H2,1H3,(H,17,18,22). The zero-order valence-electron chi connectivity index (χ0n) is 13.6. The second kappa shape index (κ2) is 7.23. The molecule has 1 amide bonds. The topological polar surface area (TPSA) is 120 Å². The summed E-state index contributed by atoms with van der Waals surface area (Å²) in [6.07, 6.45) is 0. The van der Waals surface area contributed by atoms with E-state index >= 15 is 0 Å². The molecule has 3 aromatic rings. The molecule has 0 aliphatic carbocycles. The third-order valence-electron chi connectivity index (χ3n) is 3.38. The number of nitro groups is 1. The SMILES string of the molecule is Cc1csc(NC(=O)Cn2nc(-c3cccc([N+](=O)[O-])c3)ccc2=O)n1. The van der Waals surface area contributed by atoms with Crippen molar-refractivity contribution in [2.75, 3.05) is 5.32 Å². The summed E-state index contributed by atoms with van der Waals surface area (Å²) in [7, 11) is 0. The zero-order valence-corrected chi connectivity index (χ0v) is 14.4. The maximum absolute atomic E-state index is 12.1. The maximum atomic E-state index is 12.1. The number of thiazole rings is 1. The number of nitrogens with zero attached hydrogens (tertiary/aromatic N) is 4. The molecule has 0 saturated carbocycles. The molecule has 1 N–H and O–H groups in total. The molecule has 0 spiro atoms. The first kappa shape index (κ1) is 17.4. The van der Waals surface area contributed by atoms with Crippen molar-refractivity contribution in [1.82, 2.24) is 14.8 Å². The molecule has 132 valence electrons. The van der Waals surface area contributed by atoms with Crippen molar-refractivity contribution in [3.63, 3.8) is 0 Å². The molecule has 0 bridgehead atoms. The van der Waals surface area contributed by atoms with E-state index in [-0.39, 0.29) is 12.2 Å². The van der Waals surface area contributed by atoms with Crippen molar-refractivity contribution in [3.05, 3.63) is 67.9 Å². The highest BCUT2D eigenvalue weighted by atomic mass is 32.1. The number of hydrogen-bond acceptors (Lipinski definition) is 7. The molecule has 3 rings (SSSR count). The van der Waals surface area contributed by atoms with Crippen LogP contribution in [-0.4, -0.2) is 25.6 Å². The van der Waals surface area contributed by atoms with Crippen LogP contribution in [-0.2, 0) is 11.3 Å². The van der Waals surface area contributed by atoms with Crippen LogP contribution in [0.25, 0.3) is 11.3 Å². The Hall–Kier alpha value is -3.40. The second-order valence-corrected chi connectivity index (χ2v) is 6.22. The number of aryl methyl sites for hydroxylation is 1. The van der Waals surface area contributed by atoms with Gasteiger partial charge in [-0.3, -0.25) is 19.7 Å². The molecule has 0 aliphatic rings. The van der Waals surface area contributed by atoms with E-state index in [1.165, 1.54) is 41.7 Å². The number of aromatic nitrogens is 3. The molecule has 1 aromatic carbocycles. The van der Waals surface area contributed by atoms with E-state index in [0.717, 1.165) is 10.4 Å². The lowest BCUT2D eigenvalue weighted by Crippen LogP contribution is -2.29. The first-order valence-electron chi connectivity index (χ1n) is 7.47. The molecule has 0 radical (unpaired) electrons. The van der Waals surface area contributed by atoms with Crippen molar-refractivity contribution in [2.24, 2.45) is 0 Å². The molecule has 0 fully saturated rings. The number of benzene rings is 1. The van der Waals surface area contributed by atoms with Crippen LogP contribution >= 0.6 is 11.3 Å². The lowest BCUT2D eigenvalue weighted by atomic mass is 10.1. The van der Waals surface area contributed by atoms with E-state index in [4.69, 9.17) is 0 Å². The first-order valence-corrected chi connectivity index (χ1v) is 8.35. The quantitative estimate of drug-likeness (QED) is 0.542. The van der Waals surface area contributed by atoms with E-state index in [1.807, 2.05) is 0 Å². The molecule has 0 unspecified atom stereocenters. The fraction of sp³-hybridized carbons (Fsp3) is 0.125. The summed E-state index contributed by atoms with van der Waals surface area (Å²) in [5.41, 5.74) is 1.08. The normalized spacial score (nSPS) is 10.5. The number of nitrogens with one attached hydrogen (secondary N) is 1. The second-order valence-electron chi connectivity index (χ2n) is 5.36. The molecular formula is C16H13N5O4S. The van der Waals surface area contributed by atoms with Crippen LogP contribution in [0, 0.1) is 17.0 Å². The van der Waals surface area contributed by atoms with Crippen LogP contribution in [0.1, 0.15) is 5.69 Å². The van der Waals surface area contributed by atoms with Gasteiger partial charge in [-0.25, -0.2) is 9.67 Å². The molecule has 10 heteroatoms. The van der Waals surface area contributed by atoms with Gasteiger partial charge in [0.25, 0.3) is 11.2 Å². The van der Waals surface area contributed by atoms with Gasteiger partial charge in [0.1, 0.15) is 6.54 Å². The van der Waals surface area contributed by atoms with E-state index < -0.39 is 16.4 Å². The Balaban J connectivity index is 1.83. The smallest absolute Gasteiger partial charge is 0.270 e. The van der Waals surface area contributed by atoms with E-state index in [1.54, 1.807) is 18.4 Å². The summed E-state index contributed by atoms with van der Waals surface area (Å²) in [6, 6.07) is 8.62. The molecule has 26 heavy (non-hydrogen) atoms. The largest absolute Gasteiger partial charge is 0.300 e. The van der Waals surface area contributed by atoms with Crippen molar-refractivity contribution in [3.8, 4) is 11.3 Å². The number of rotatable bonds is 5. The summed E-state index contributed by atoms with van der Waals surface area (Å²) in [5, 5.41) is 19.9. The summed E-state index contributed by atoms with van der Waals surface area (Å²) >= 11 is 1.28. The van der Waals surface area contributed by atoms with Crippen molar-refractivity contribution >= 4 is 28.1 Å². The van der Waals surface area contributed by atoms with Crippen LogP contribution in [0.15, 0.2) is 46.6 Å². The molecule has 0 saturated heterocycles. The number of anilines is 1. The van der Waals surface area contributed by atoms with Crippen molar-refractivity contribution < 1.29 is 9.72 Å². The van der Waals surface area contributed by atoms with Gasteiger partial charge in [-0.2, -0.15) is 5.10 Å². The monoisotopic (exact) mass is 371 g/mol. The predicted octanol–water partition coefficient (Wildman–Crippen LogP) is 2.22. The minimum absolute atomic E-state index is 0.0843. The number of carbonyl (C=O) groups is 1. The number of non-ortho nitro benzene ring substituents is 1. The molecule has 0 aliphatic heterocycles. The number of carbonyl (C=O) groups excluding carboxylic acids is 1. The third-order valence-corrected chi connectivity index (χ3v) is 4.25. The number of nitro benzene ring substituents is 1. The minimum Gasteiger partial charge on any atom is -0.300 e. The van der Waals surface area contributed by atoms with Crippen LogP contribution < -0.4 is 10.9 Å². The fourth-order valence-corrected chi connectivity index (χ4v) is 2.91. The van der Waals surface area contributed by atoms with Crippen LogP contribution in [0.5, 0.6) is 0 Å². The van der Waals surface area contributed by atoms with Gasteiger partial charge >= 0.3 is 0 Å². The van der Waals surface area contributed by atoms with Gasteiger partial charge in [0, 0.05) is 29.1 Å². The number of hydrogen-bond donors (Lipinski definition) is 1. The molecule has 2 aromatic heterocycles. The van der Waals surface area contributed by atoms with Crippen LogP contribution in [0.3, 0.4) is 0 Å². The Morgan fingerprint density at radius 3 is 2.85 bits per heavy atom. The average molecular weight is 371 g/mol. The summed E-state index contributed by atoms with van der Waals surface area (Å²) < 4.78 is 1.00. The van der Waals surface area contributed by atoms with E-state index in [2.05, 4.69) is 15.4 Å².